The molecule has 3 rings (SSSR count). The number of amides is 2. The molecule has 0 radical (unpaired) electrons. The monoisotopic (exact) mass is 429 g/mol. The first kappa shape index (κ1) is 22.8. The van der Waals surface area contributed by atoms with Crippen molar-refractivity contribution in [1.29, 1.82) is 0 Å². The van der Waals surface area contributed by atoms with Gasteiger partial charge in [0.25, 0.3) is 0 Å². The summed E-state index contributed by atoms with van der Waals surface area (Å²) in [7, 11) is 1.87. The van der Waals surface area contributed by atoms with Gasteiger partial charge in [-0.2, -0.15) is 0 Å². The number of ether oxygens (including phenoxy) is 2. The number of nitrogens with one attached hydrogen (secondary N) is 1. The van der Waals surface area contributed by atoms with Gasteiger partial charge in [0.05, 0.1) is 18.9 Å². The van der Waals surface area contributed by atoms with Gasteiger partial charge in [-0.3, -0.25) is 4.79 Å². The number of piperazine rings is 1. The van der Waals surface area contributed by atoms with Crippen molar-refractivity contribution in [1.82, 2.24) is 15.1 Å². The van der Waals surface area contributed by atoms with Crippen LogP contribution in [0.2, 0.25) is 0 Å². The van der Waals surface area contributed by atoms with Crippen molar-refractivity contribution in [3.05, 3.63) is 60.1 Å². The highest BCUT2D eigenvalue weighted by molar-refractivity contribution is 5.78. The molecule has 1 aromatic heterocycles. The summed E-state index contributed by atoms with van der Waals surface area (Å²) in [5, 5.41) is 3.22. The van der Waals surface area contributed by atoms with Gasteiger partial charge in [0.15, 0.2) is 0 Å². The van der Waals surface area contributed by atoms with Crippen molar-refractivity contribution < 1.29 is 23.5 Å². The molecule has 8 nitrogen and oxygen atoms in total. The third-order valence-corrected chi connectivity index (χ3v) is 5.43. The van der Waals surface area contributed by atoms with E-state index in [1.165, 1.54) is 0 Å². The fourth-order valence-electron chi connectivity index (χ4n) is 3.64. The Morgan fingerprint density at radius 1 is 1.06 bits per heavy atom. The van der Waals surface area contributed by atoms with Crippen molar-refractivity contribution in [2.75, 3.05) is 46.4 Å². The summed E-state index contributed by atoms with van der Waals surface area (Å²) >= 11 is 0. The van der Waals surface area contributed by atoms with Crippen LogP contribution in [0.4, 0.5) is 4.79 Å². The zero-order chi connectivity index (χ0) is 22.1. The summed E-state index contributed by atoms with van der Waals surface area (Å²) in [6, 6.07) is 13.4. The number of hydrogen-bond acceptors (Lipinski definition) is 6. The fraction of sp³-hybridized carbons (Fsp3) is 0.478. The van der Waals surface area contributed by atoms with Crippen LogP contribution < -0.4 is 5.32 Å². The van der Waals surface area contributed by atoms with E-state index in [0.717, 1.165) is 11.3 Å². The lowest BCUT2D eigenvalue weighted by Crippen LogP contribution is -2.51. The Hall–Kier alpha value is -2.84. The lowest BCUT2D eigenvalue weighted by atomic mass is 10.0. The van der Waals surface area contributed by atoms with Crippen LogP contribution >= 0.6 is 0 Å². The molecule has 1 aliphatic heterocycles. The van der Waals surface area contributed by atoms with Gasteiger partial charge < -0.3 is 29.0 Å². The molecule has 1 fully saturated rings. The van der Waals surface area contributed by atoms with E-state index in [0.29, 0.717) is 32.8 Å². The molecule has 1 aromatic carbocycles. The van der Waals surface area contributed by atoms with Gasteiger partial charge in [-0.25, -0.2) is 4.79 Å². The Labute approximate surface area is 183 Å². The molecule has 0 saturated carbocycles. The number of nitrogens with zero attached hydrogens (tertiary/aromatic N) is 2. The Kier molecular flexibility index (Phi) is 8.49. The molecular formula is C23H31N3O5. The molecule has 0 unspecified atom stereocenters. The van der Waals surface area contributed by atoms with Crippen LogP contribution in [0.15, 0.2) is 53.1 Å². The van der Waals surface area contributed by atoms with Crippen LogP contribution in [-0.2, 0) is 20.9 Å². The molecule has 0 spiro atoms. The second kappa shape index (κ2) is 11.5. The molecule has 2 aromatic rings. The highest BCUT2D eigenvalue weighted by Gasteiger charge is 2.26. The third kappa shape index (κ3) is 6.57. The van der Waals surface area contributed by atoms with Crippen molar-refractivity contribution in [3.8, 4) is 0 Å². The molecule has 0 aliphatic carbocycles. The van der Waals surface area contributed by atoms with Crippen LogP contribution in [0, 0.1) is 5.92 Å². The molecule has 31 heavy (non-hydrogen) atoms. The highest BCUT2D eigenvalue weighted by Crippen LogP contribution is 2.22. The Bertz CT molecular complexity index is 804. The lowest BCUT2D eigenvalue weighted by molar-refractivity contribution is -0.138. The van der Waals surface area contributed by atoms with Crippen LogP contribution in [0.5, 0.6) is 0 Å². The maximum absolute atomic E-state index is 12.5. The van der Waals surface area contributed by atoms with Gasteiger partial charge in [0.2, 0.25) is 5.91 Å². The summed E-state index contributed by atoms with van der Waals surface area (Å²) in [6.45, 7) is 4.62. The van der Waals surface area contributed by atoms with Crippen LogP contribution in [0.25, 0.3) is 0 Å². The first-order valence-electron chi connectivity index (χ1n) is 10.6. The Morgan fingerprint density at radius 3 is 2.42 bits per heavy atom. The minimum Gasteiger partial charge on any atom is -0.468 e. The molecule has 8 heteroatoms. The molecule has 2 amide bonds. The SMILES string of the molecule is CN[C@H](c1ccco1)[C@H](C)COCC(=O)N1CCN(C(=O)OCc2ccccc2)CC1. The molecule has 168 valence electrons. The van der Waals surface area contributed by atoms with E-state index in [4.69, 9.17) is 13.9 Å². The molecule has 1 aliphatic rings. The van der Waals surface area contributed by atoms with Gasteiger partial charge >= 0.3 is 6.09 Å². The smallest absolute Gasteiger partial charge is 0.410 e. The standard InChI is InChI=1S/C23H31N3O5/c1-18(22(24-2)20-9-6-14-30-20)15-29-17-21(27)25-10-12-26(13-11-25)23(28)31-16-19-7-4-3-5-8-19/h3-9,14,18,22,24H,10-13,15-17H2,1-2H3/t18-,22+/m1/s1. The summed E-state index contributed by atoms with van der Waals surface area (Å²) in [6.07, 6.45) is 1.30. The maximum atomic E-state index is 12.5. The van der Waals surface area contributed by atoms with E-state index in [-0.39, 0.29) is 37.2 Å². The zero-order valence-corrected chi connectivity index (χ0v) is 18.2. The van der Waals surface area contributed by atoms with E-state index < -0.39 is 0 Å². The predicted molar refractivity (Wildman–Crippen MR) is 115 cm³/mol. The Morgan fingerprint density at radius 2 is 1.77 bits per heavy atom. The summed E-state index contributed by atoms with van der Waals surface area (Å²) in [4.78, 5) is 28.1. The number of carbonyl (C=O) groups is 2. The van der Waals surface area contributed by atoms with Crippen molar-refractivity contribution in [3.63, 3.8) is 0 Å². The van der Waals surface area contributed by atoms with Crippen molar-refractivity contribution in [2.45, 2.75) is 19.6 Å². The van der Waals surface area contributed by atoms with Crippen LogP contribution in [0.3, 0.4) is 0 Å². The number of carbonyl (C=O) groups excluding carboxylic acids is 2. The summed E-state index contributed by atoms with van der Waals surface area (Å²) in [5.41, 5.74) is 0.948. The quantitative estimate of drug-likeness (QED) is 0.660. The van der Waals surface area contributed by atoms with Gasteiger partial charge in [-0.15, -0.1) is 0 Å². The molecule has 0 bridgehead atoms. The van der Waals surface area contributed by atoms with Gasteiger partial charge in [0.1, 0.15) is 19.0 Å². The Balaban J connectivity index is 1.34. The van der Waals surface area contributed by atoms with E-state index >= 15 is 0 Å². The molecule has 2 atom stereocenters. The van der Waals surface area contributed by atoms with Crippen LogP contribution in [-0.4, -0.2) is 68.2 Å². The first-order chi connectivity index (χ1) is 15.1. The number of rotatable bonds is 9. The van der Waals surface area contributed by atoms with Crippen LogP contribution in [0.1, 0.15) is 24.3 Å². The third-order valence-electron chi connectivity index (χ3n) is 5.43. The fourth-order valence-corrected chi connectivity index (χ4v) is 3.64. The first-order valence-corrected chi connectivity index (χ1v) is 10.6. The van der Waals surface area contributed by atoms with Gasteiger partial charge in [-0.1, -0.05) is 37.3 Å². The minimum absolute atomic E-state index is 0.0237. The number of furan rings is 1. The average molecular weight is 430 g/mol. The van der Waals surface area contributed by atoms with Crippen molar-refractivity contribution in [2.24, 2.45) is 5.92 Å². The largest absolute Gasteiger partial charge is 0.468 e. The molecule has 2 heterocycles. The van der Waals surface area contributed by atoms with Gasteiger partial charge in [-0.05, 0) is 24.7 Å². The highest BCUT2D eigenvalue weighted by atomic mass is 16.6. The predicted octanol–water partition coefficient (Wildman–Crippen LogP) is 2.67. The van der Waals surface area contributed by atoms with E-state index in [9.17, 15) is 9.59 Å². The van der Waals surface area contributed by atoms with Crippen molar-refractivity contribution >= 4 is 12.0 Å². The summed E-state index contributed by atoms with van der Waals surface area (Å²) in [5.74, 6) is 0.920. The van der Waals surface area contributed by atoms with E-state index in [1.54, 1.807) is 16.1 Å². The van der Waals surface area contributed by atoms with Gasteiger partial charge in [0, 0.05) is 32.1 Å². The molecular weight excluding hydrogens is 398 g/mol. The molecule has 1 saturated heterocycles. The second-order valence-corrected chi connectivity index (χ2v) is 7.68. The normalized spacial score (nSPS) is 16.1. The average Bonchev–Trinajstić information content (AvgIpc) is 3.33. The topological polar surface area (TPSA) is 84.3 Å². The zero-order valence-electron chi connectivity index (χ0n) is 18.2. The number of benzene rings is 1. The minimum atomic E-state index is -0.350. The summed E-state index contributed by atoms with van der Waals surface area (Å²) < 4.78 is 16.5. The lowest BCUT2D eigenvalue weighted by Gasteiger charge is -2.34. The van der Waals surface area contributed by atoms with E-state index in [2.05, 4.69) is 5.32 Å². The second-order valence-electron chi connectivity index (χ2n) is 7.68. The maximum Gasteiger partial charge on any atom is 0.410 e. The number of hydrogen-bond donors (Lipinski definition) is 1. The molecule has 1 N–H and O–H groups in total. The van der Waals surface area contributed by atoms with E-state index in [1.807, 2.05) is 56.4 Å².